The molecule has 0 bridgehead atoms. The number of rotatable bonds is 4. The highest BCUT2D eigenvalue weighted by molar-refractivity contribution is 7.91. The van der Waals surface area contributed by atoms with Crippen LogP contribution < -0.4 is 10.5 Å². The maximum absolute atomic E-state index is 14.3. The Hall–Kier alpha value is -1.96. The fourth-order valence-corrected chi connectivity index (χ4v) is 6.28. The highest BCUT2D eigenvalue weighted by Crippen LogP contribution is 2.41. The number of hydrogen-bond donors (Lipinski definition) is 2. The largest absolute Gasteiger partial charge is 0.491 e. The van der Waals surface area contributed by atoms with E-state index in [9.17, 15) is 17.9 Å². The van der Waals surface area contributed by atoms with E-state index in [-0.39, 0.29) is 42.8 Å². The number of aliphatic hydroxyl groups is 1. The number of benzene rings is 2. The average molecular weight is 434 g/mol. The Kier molecular flexibility index (Phi) is 5.41. The summed E-state index contributed by atoms with van der Waals surface area (Å²) in [5, 5.41) is 10.7. The zero-order valence-corrected chi connectivity index (χ0v) is 18.2. The van der Waals surface area contributed by atoms with Crippen molar-refractivity contribution >= 4 is 9.84 Å². The van der Waals surface area contributed by atoms with E-state index in [0.29, 0.717) is 11.3 Å². The fraction of sp³-hybridized carbons (Fsp3) is 0.478. The zero-order chi connectivity index (χ0) is 21.7. The predicted octanol–water partition coefficient (Wildman–Crippen LogP) is 3.37. The van der Waals surface area contributed by atoms with Crippen LogP contribution >= 0.6 is 0 Å². The van der Waals surface area contributed by atoms with Crippen molar-refractivity contribution in [2.45, 2.75) is 51.2 Å². The summed E-state index contributed by atoms with van der Waals surface area (Å²) >= 11 is 0. The van der Waals surface area contributed by atoms with Gasteiger partial charge in [0, 0.05) is 11.6 Å². The van der Waals surface area contributed by atoms with Gasteiger partial charge in [0.05, 0.1) is 11.5 Å². The van der Waals surface area contributed by atoms with Gasteiger partial charge in [-0.05, 0) is 85.5 Å². The minimum Gasteiger partial charge on any atom is -0.491 e. The standard InChI is InChI=1S/C23H28FNO4S/c1-14-11-16(29-13-23(26)7-9-30(27,28)10-8-23)12-15(2)21(14)17-3-5-19(24)22-18(17)4-6-20(22)25/h3,5,11-12,20,26H,4,6-10,13,25H2,1-2H3/t20-/m1/s1. The molecule has 0 amide bonds. The van der Waals surface area contributed by atoms with Gasteiger partial charge in [-0.2, -0.15) is 0 Å². The van der Waals surface area contributed by atoms with Crippen LogP contribution in [0.2, 0.25) is 0 Å². The van der Waals surface area contributed by atoms with E-state index in [2.05, 4.69) is 0 Å². The predicted molar refractivity (Wildman–Crippen MR) is 115 cm³/mol. The van der Waals surface area contributed by atoms with Gasteiger partial charge >= 0.3 is 0 Å². The molecule has 7 heteroatoms. The minimum absolute atomic E-state index is 0.0122. The topological polar surface area (TPSA) is 89.6 Å². The molecule has 0 radical (unpaired) electrons. The van der Waals surface area contributed by atoms with Crippen LogP contribution in [0.3, 0.4) is 0 Å². The van der Waals surface area contributed by atoms with E-state index in [1.807, 2.05) is 32.0 Å². The van der Waals surface area contributed by atoms with E-state index in [1.165, 1.54) is 6.07 Å². The summed E-state index contributed by atoms with van der Waals surface area (Å²) in [5.74, 6) is 0.367. The first-order valence-electron chi connectivity index (χ1n) is 10.3. The lowest BCUT2D eigenvalue weighted by Gasteiger charge is -2.31. The molecule has 2 aromatic carbocycles. The molecule has 0 saturated carbocycles. The molecule has 0 aromatic heterocycles. The summed E-state index contributed by atoms with van der Waals surface area (Å²) in [5.41, 5.74) is 10.7. The molecule has 162 valence electrons. The highest BCUT2D eigenvalue weighted by Gasteiger charge is 2.36. The van der Waals surface area contributed by atoms with Gasteiger partial charge in [0.15, 0.2) is 9.84 Å². The summed E-state index contributed by atoms with van der Waals surface area (Å²) < 4.78 is 43.4. The van der Waals surface area contributed by atoms with Crippen LogP contribution in [0.25, 0.3) is 11.1 Å². The second-order valence-electron chi connectivity index (χ2n) is 8.73. The fourth-order valence-electron chi connectivity index (χ4n) is 4.70. The van der Waals surface area contributed by atoms with Crippen molar-refractivity contribution in [2.24, 2.45) is 5.73 Å². The highest BCUT2D eigenvalue weighted by atomic mass is 32.2. The Morgan fingerprint density at radius 2 is 1.83 bits per heavy atom. The zero-order valence-electron chi connectivity index (χ0n) is 17.4. The lowest BCUT2D eigenvalue weighted by molar-refractivity contribution is -0.0128. The number of fused-ring (bicyclic) bond motifs is 1. The second-order valence-corrected chi connectivity index (χ2v) is 11.0. The molecule has 1 aliphatic heterocycles. The third-order valence-electron chi connectivity index (χ3n) is 6.42. The maximum atomic E-state index is 14.3. The van der Waals surface area contributed by atoms with Crippen LogP contribution in [0.15, 0.2) is 24.3 Å². The van der Waals surface area contributed by atoms with Gasteiger partial charge in [-0.15, -0.1) is 0 Å². The molecule has 1 heterocycles. The third-order valence-corrected chi connectivity index (χ3v) is 8.07. The Bertz CT molecular complexity index is 1060. The van der Waals surface area contributed by atoms with E-state index in [0.717, 1.165) is 40.7 Å². The van der Waals surface area contributed by atoms with Crippen molar-refractivity contribution < 1.29 is 22.7 Å². The molecule has 30 heavy (non-hydrogen) atoms. The minimum atomic E-state index is -3.05. The number of nitrogens with two attached hydrogens (primary N) is 1. The molecular weight excluding hydrogens is 405 g/mol. The number of halogens is 1. The van der Waals surface area contributed by atoms with Crippen LogP contribution in [0.1, 0.15) is 47.6 Å². The Balaban J connectivity index is 1.58. The van der Waals surface area contributed by atoms with Crippen molar-refractivity contribution in [3.05, 3.63) is 52.3 Å². The smallest absolute Gasteiger partial charge is 0.150 e. The first-order chi connectivity index (χ1) is 14.1. The van der Waals surface area contributed by atoms with Crippen molar-refractivity contribution in [1.82, 2.24) is 0 Å². The number of sulfone groups is 1. The summed E-state index contributed by atoms with van der Waals surface area (Å²) in [7, 11) is -3.05. The van der Waals surface area contributed by atoms with Crippen LogP contribution in [0, 0.1) is 19.7 Å². The van der Waals surface area contributed by atoms with Gasteiger partial charge in [-0.25, -0.2) is 12.8 Å². The van der Waals surface area contributed by atoms with Crippen molar-refractivity contribution in [1.29, 1.82) is 0 Å². The number of hydrogen-bond acceptors (Lipinski definition) is 5. The molecule has 1 saturated heterocycles. The number of aryl methyl sites for hydroxylation is 2. The van der Waals surface area contributed by atoms with Crippen LogP contribution in [-0.4, -0.2) is 37.2 Å². The quantitative estimate of drug-likeness (QED) is 0.772. The lowest BCUT2D eigenvalue weighted by atomic mass is 9.90. The normalized spacial score (nSPS) is 22.0. The molecule has 4 rings (SSSR count). The molecule has 3 N–H and O–H groups in total. The third kappa shape index (κ3) is 3.98. The van der Waals surface area contributed by atoms with Gasteiger partial charge in [-0.1, -0.05) is 6.07 Å². The molecule has 1 fully saturated rings. The molecular formula is C23H28FNO4S. The van der Waals surface area contributed by atoms with Crippen LogP contribution in [0.4, 0.5) is 4.39 Å². The Morgan fingerprint density at radius 3 is 2.47 bits per heavy atom. The van der Waals surface area contributed by atoms with Gasteiger partial charge in [-0.3, -0.25) is 0 Å². The SMILES string of the molecule is Cc1cc(OCC2(O)CCS(=O)(=O)CC2)cc(C)c1-c1ccc(F)c2c1CC[C@H]2N. The van der Waals surface area contributed by atoms with Gasteiger partial charge in [0.1, 0.15) is 23.8 Å². The lowest BCUT2D eigenvalue weighted by Crippen LogP contribution is -2.43. The molecule has 5 nitrogen and oxygen atoms in total. The van der Waals surface area contributed by atoms with E-state index in [1.54, 1.807) is 0 Å². The maximum Gasteiger partial charge on any atom is 0.150 e. The van der Waals surface area contributed by atoms with Crippen molar-refractivity contribution in [3.63, 3.8) is 0 Å². The Morgan fingerprint density at radius 1 is 1.20 bits per heavy atom. The summed E-state index contributed by atoms with van der Waals surface area (Å²) in [4.78, 5) is 0. The van der Waals surface area contributed by atoms with E-state index < -0.39 is 15.4 Å². The first kappa shape index (κ1) is 21.3. The van der Waals surface area contributed by atoms with Crippen molar-refractivity contribution in [2.75, 3.05) is 18.1 Å². The molecule has 1 atom stereocenters. The van der Waals surface area contributed by atoms with Crippen LogP contribution in [-0.2, 0) is 16.3 Å². The molecule has 0 unspecified atom stereocenters. The van der Waals surface area contributed by atoms with Gasteiger partial charge < -0.3 is 15.6 Å². The molecule has 1 aliphatic carbocycles. The second kappa shape index (κ2) is 7.62. The summed E-state index contributed by atoms with van der Waals surface area (Å²) in [6, 6.07) is 6.89. The summed E-state index contributed by atoms with van der Waals surface area (Å²) in [6.07, 6.45) is 1.88. The molecule has 2 aliphatic rings. The molecule has 2 aromatic rings. The summed E-state index contributed by atoms with van der Waals surface area (Å²) in [6.45, 7) is 4.03. The van der Waals surface area contributed by atoms with Gasteiger partial charge in [0.25, 0.3) is 0 Å². The monoisotopic (exact) mass is 433 g/mol. The van der Waals surface area contributed by atoms with E-state index in [4.69, 9.17) is 10.5 Å². The molecule has 0 spiro atoms. The van der Waals surface area contributed by atoms with Crippen LogP contribution in [0.5, 0.6) is 5.75 Å². The Labute approximate surface area is 177 Å². The van der Waals surface area contributed by atoms with E-state index >= 15 is 0 Å². The number of ether oxygens (including phenoxy) is 1. The average Bonchev–Trinajstić information content (AvgIpc) is 3.07. The van der Waals surface area contributed by atoms with Gasteiger partial charge in [0.2, 0.25) is 0 Å². The first-order valence-corrected chi connectivity index (χ1v) is 12.1. The van der Waals surface area contributed by atoms with Crippen molar-refractivity contribution in [3.8, 4) is 16.9 Å².